The van der Waals surface area contributed by atoms with Crippen LogP contribution in [0.1, 0.15) is 5.69 Å². The van der Waals surface area contributed by atoms with E-state index in [0.717, 1.165) is 5.69 Å². The second kappa shape index (κ2) is 4.33. The highest BCUT2D eigenvalue weighted by Gasteiger charge is 2.03. The Hall–Kier alpha value is -0.870. The minimum Gasteiger partial charge on any atom is -0.241 e. The van der Waals surface area contributed by atoms with E-state index in [9.17, 15) is 4.39 Å². The molecule has 1 aromatic carbocycles. The molecule has 2 rings (SSSR count). The van der Waals surface area contributed by atoms with Crippen LogP contribution in [0, 0.1) is 5.82 Å². The van der Waals surface area contributed by atoms with Crippen LogP contribution in [0.5, 0.6) is 0 Å². The molecule has 0 spiro atoms. The molecule has 0 aliphatic rings. The molecule has 5 heteroatoms. The third-order valence-electron chi connectivity index (χ3n) is 1.95. The summed E-state index contributed by atoms with van der Waals surface area (Å²) in [6, 6.07) is 6.63. The third-order valence-corrected chi connectivity index (χ3v) is 2.87. The number of benzene rings is 1. The first-order valence-corrected chi connectivity index (χ1v) is 5.59. The molecule has 0 aliphatic carbocycles. The Bertz CT molecular complexity index is 484. The lowest BCUT2D eigenvalue weighted by molar-refractivity contribution is 0.618. The topological polar surface area (TPSA) is 17.8 Å². The quantitative estimate of drug-likeness (QED) is 0.774. The van der Waals surface area contributed by atoms with Crippen molar-refractivity contribution in [1.29, 1.82) is 0 Å². The van der Waals surface area contributed by atoms with E-state index in [0.29, 0.717) is 16.0 Å². The molecule has 0 unspecified atom stereocenters. The molecule has 2 aromatic rings. The molecule has 0 saturated carbocycles. The summed E-state index contributed by atoms with van der Waals surface area (Å²) < 4.78 is 15.3. The van der Waals surface area contributed by atoms with E-state index in [-0.39, 0.29) is 5.82 Å². The van der Waals surface area contributed by atoms with Gasteiger partial charge in [-0.3, -0.25) is 0 Å². The largest absolute Gasteiger partial charge is 0.241 e. The zero-order valence-electron chi connectivity index (χ0n) is 7.62. The minimum atomic E-state index is -0.310. The summed E-state index contributed by atoms with van der Waals surface area (Å²) in [5, 5.41) is 4.17. The number of halogens is 3. The lowest BCUT2D eigenvalue weighted by Gasteiger charge is -2.02. The van der Waals surface area contributed by atoms with Gasteiger partial charge in [-0.15, -0.1) is 11.6 Å². The van der Waals surface area contributed by atoms with Crippen molar-refractivity contribution in [2.24, 2.45) is 0 Å². The van der Waals surface area contributed by atoms with Gasteiger partial charge in [-0.1, -0.05) is 0 Å². The van der Waals surface area contributed by atoms with Gasteiger partial charge in [0.25, 0.3) is 0 Å². The smallest absolute Gasteiger partial charge is 0.139 e. The Morgan fingerprint density at radius 2 is 2.20 bits per heavy atom. The molecule has 0 saturated heterocycles. The van der Waals surface area contributed by atoms with Crippen molar-refractivity contribution in [3.8, 4) is 5.69 Å². The number of rotatable bonds is 2. The summed E-state index contributed by atoms with van der Waals surface area (Å²) >= 11 is 8.72. The van der Waals surface area contributed by atoms with Crippen LogP contribution in [0.4, 0.5) is 4.39 Å². The van der Waals surface area contributed by atoms with Crippen molar-refractivity contribution in [1.82, 2.24) is 9.78 Å². The predicted molar refractivity (Wildman–Crippen MR) is 60.8 cm³/mol. The Morgan fingerprint density at radius 1 is 1.40 bits per heavy atom. The summed E-state index contributed by atoms with van der Waals surface area (Å²) in [4.78, 5) is 0. The number of hydrogen-bond acceptors (Lipinski definition) is 1. The highest BCUT2D eigenvalue weighted by Crippen LogP contribution is 2.18. The van der Waals surface area contributed by atoms with Crippen molar-refractivity contribution in [3.05, 3.63) is 46.4 Å². The van der Waals surface area contributed by atoms with Crippen LogP contribution in [0.2, 0.25) is 0 Å². The van der Waals surface area contributed by atoms with Crippen molar-refractivity contribution in [3.63, 3.8) is 0 Å². The molecule has 0 atom stereocenters. The molecule has 0 amide bonds. The van der Waals surface area contributed by atoms with Gasteiger partial charge in [-0.05, 0) is 34.1 Å². The number of nitrogens with zero attached hydrogens (tertiary/aromatic N) is 2. The van der Waals surface area contributed by atoms with Crippen LogP contribution in [0.3, 0.4) is 0 Å². The van der Waals surface area contributed by atoms with Gasteiger partial charge >= 0.3 is 0 Å². The SMILES string of the molecule is Fc1cc(-n2ccc(CCl)n2)ccc1Br. The first-order valence-electron chi connectivity index (χ1n) is 4.26. The Labute approximate surface area is 99.8 Å². The highest BCUT2D eigenvalue weighted by molar-refractivity contribution is 9.10. The fraction of sp³-hybridized carbons (Fsp3) is 0.100. The number of alkyl halides is 1. The predicted octanol–water partition coefficient (Wildman–Crippen LogP) is 3.51. The molecular formula is C10H7BrClFN2. The second-order valence-corrected chi connectivity index (χ2v) is 4.11. The van der Waals surface area contributed by atoms with Crippen LogP contribution in [-0.4, -0.2) is 9.78 Å². The summed E-state index contributed by atoms with van der Waals surface area (Å²) in [5.74, 6) is 0.0434. The summed E-state index contributed by atoms with van der Waals surface area (Å²) in [6.07, 6.45) is 1.75. The maximum Gasteiger partial charge on any atom is 0.139 e. The van der Waals surface area contributed by atoms with Gasteiger partial charge < -0.3 is 0 Å². The molecule has 15 heavy (non-hydrogen) atoms. The first kappa shape index (κ1) is 10.6. The standard InChI is InChI=1S/C10H7BrClFN2/c11-9-2-1-8(5-10(9)13)15-4-3-7(6-12)14-15/h1-5H,6H2. The van der Waals surface area contributed by atoms with Crippen molar-refractivity contribution in [2.75, 3.05) is 0 Å². The molecule has 0 aliphatic heterocycles. The molecule has 0 radical (unpaired) electrons. The van der Waals surface area contributed by atoms with Crippen molar-refractivity contribution < 1.29 is 4.39 Å². The van der Waals surface area contributed by atoms with Gasteiger partial charge in [0.2, 0.25) is 0 Å². The van der Waals surface area contributed by atoms with E-state index >= 15 is 0 Å². The highest BCUT2D eigenvalue weighted by atomic mass is 79.9. The van der Waals surface area contributed by atoms with Crippen LogP contribution >= 0.6 is 27.5 Å². The van der Waals surface area contributed by atoms with E-state index in [2.05, 4.69) is 21.0 Å². The average molecular weight is 290 g/mol. The lowest BCUT2D eigenvalue weighted by Crippen LogP contribution is -1.96. The van der Waals surface area contributed by atoms with E-state index in [1.165, 1.54) is 6.07 Å². The van der Waals surface area contributed by atoms with Gasteiger partial charge in [0.15, 0.2) is 0 Å². The fourth-order valence-electron chi connectivity index (χ4n) is 1.20. The summed E-state index contributed by atoms with van der Waals surface area (Å²) in [6.45, 7) is 0. The summed E-state index contributed by atoms with van der Waals surface area (Å²) in [7, 11) is 0. The lowest BCUT2D eigenvalue weighted by atomic mass is 10.3. The van der Waals surface area contributed by atoms with E-state index in [1.54, 1.807) is 29.1 Å². The number of hydrogen-bond donors (Lipinski definition) is 0. The zero-order chi connectivity index (χ0) is 10.8. The maximum absolute atomic E-state index is 13.2. The van der Waals surface area contributed by atoms with Gasteiger partial charge in [0, 0.05) is 12.3 Å². The maximum atomic E-state index is 13.2. The van der Waals surface area contributed by atoms with Crippen LogP contribution < -0.4 is 0 Å². The van der Waals surface area contributed by atoms with Crippen LogP contribution in [-0.2, 0) is 5.88 Å². The molecule has 1 heterocycles. The Kier molecular flexibility index (Phi) is 3.07. The Balaban J connectivity index is 2.40. The summed E-state index contributed by atoms with van der Waals surface area (Å²) in [5.41, 5.74) is 1.44. The first-order chi connectivity index (χ1) is 7.20. The van der Waals surface area contributed by atoms with Crippen LogP contribution in [0.15, 0.2) is 34.9 Å². The zero-order valence-corrected chi connectivity index (χ0v) is 9.96. The minimum absolute atomic E-state index is 0.310. The van der Waals surface area contributed by atoms with Gasteiger partial charge in [0.1, 0.15) is 5.82 Å². The van der Waals surface area contributed by atoms with E-state index < -0.39 is 0 Å². The van der Waals surface area contributed by atoms with Gasteiger partial charge in [-0.2, -0.15) is 5.10 Å². The molecule has 0 bridgehead atoms. The van der Waals surface area contributed by atoms with Gasteiger partial charge in [-0.25, -0.2) is 9.07 Å². The van der Waals surface area contributed by atoms with Crippen molar-refractivity contribution >= 4 is 27.5 Å². The second-order valence-electron chi connectivity index (χ2n) is 2.98. The van der Waals surface area contributed by atoms with E-state index in [1.807, 2.05) is 0 Å². The molecule has 0 N–H and O–H groups in total. The Morgan fingerprint density at radius 3 is 2.80 bits per heavy atom. The van der Waals surface area contributed by atoms with Crippen molar-refractivity contribution in [2.45, 2.75) is 5.88 Å². The molecule has 0 fully saturated rings. The molecule has 2 nitrogen and oxygen atoms in total. The number of aromatic nitrogens is 2. The fourth-order valence-corrected chi connectivity index (χ4v) is 1.59. The van der Waals surface area contributed by atoms with E-state index in [4.69, 9.17) is 11.6 Å². The molecule has 78 valence electrons. The van der Waals surface area contributed by atoms with Gasteiger partial charge in [0.05, 0.1) is 21.7 Å². The van der Waals surface area contributed by atoms with Crippen LogP contribution in [0.25, 0.3) is 5.69 Å². The third kappa shape index (κ3) is 2.21. The monoisotopic (exact) mass is 288 g/mol. The normalized spacial score (nSPS) is 10.6. The average Bonchev–Trinajstić information content (AvgIpc) is 2.70. The molecule has 1 aromatic heterocycles. The molecular weight excluding hydrogens is 282 g/mol.